The first-order valence-corrected chi connectivity index (χ1v) is 6.18. The number of hydrogen-bond acceptors (Lipinski definition) is 2. The summed E-state index contributed by atoms with van der Waals surface area (Å²) in [5.41, 5.74) is 6.01. The third-order valence-electron chi connectivity index (χ3n) is 3.22. The summed E-state index contributed by atoms with van der Waals surface area (Å²) in [6.07, 6.45) is 10.4. The summed E-state index contributed by atoms with van der Waals surface area (Å²) < 4.78 is 0. The zero-order valence-electron chi connectivity index (χ0n) is 10.1. The van der Waals surface area contributed by atoms with E-state index in [0.717, 1.165) is 38.6 Å². The molecule has 0 aromatic carbocycles. The van der Waals surface area contributed by atoms with Gasteiger partial charge in [-0.3, -0.25) is 4.79 Å². The molecule has 1 amide bonds. The number of rotatable bonds is 4. The van der Waals surface area contributed by atoms with Crippen LogP contribution in [0.2, 0.25) is 0 Å². The second kappa shape index (κ2) is 6.55. The van der Waals surface area contributed by atoms with Crippen LogP contribution in [0.5, 0.6) is 0 Å². The van der Waals surface area contributed by atoms with Crippen molar-refractivity contribution in [1.29, 1.82) is 0 Å². The molecule has 0 aliphatic heterocycles. The highest BCUT2D eigenvalue weighted by Crippen LogP contribution is 2.24. The van der Waals surface area contributed by atoms with E-state index in [0.29, 0.717) is 6.54 Å². The van der Waals surface area contributed by atoms with Gasteiger partial charge in [0.1, 0.15) is 0 Å². The van der Waals surface area contributed by atoms with Crippen molar-refractivity contribution in [3.63, 3.8) is 0 Å². The second-order valence-corrected chi connectivity index (χ2v) is 4.52. The molecule has 0 aromatic rings. The van der Waals surface area contributed by atoms with Crippen LogP contribution in [0, 0.1) is 18.3 Å². The molecule has 0 aromatic heterocycles. The molecule has 1 aliphatic rings. The molecule has 1 aliphatic carbocycles. The number of hydrogen-bond donors (Lipinski definition) is 1. The number of nitrogens with zero attached hydrogens (tertiary/aromatic N) is 1. The third-order valence-corrected chi connectivity index (χ3v) is 3.22. The molecular formula is C13H22N2O. The normalized spacial score (nSPS) is 24.8. The highest BCUT2D eigenvalue weighted by molar-refractivity contribution is 5.80. The van der Waals surface area contributed by atoms with Crippen molar-refractivity contribution < 1.29 is 4.79 Å². The fourth-order valence-electron chi connectivity index (χ4n) is 2.35. The van der Waals surface area contributed by atoms with Gasteiger partial charge in [0.25, 0.3) is 0 Å². The lowest BCUT2D eigenvalue weighted by Gasteiger charge is -2.32. The smallest absolute Gasteiger partial charge is 0.228 e. The van der Waals surface area contributed by atoms with Crippen LogP contribution >= 0.6 is 0 Å². The zero-order valence-corrected chi connectivity index (χ0v) is 10.1. The van der Waals surface area contributed by atoms with Crippen LogP contribution in [0.3, 0.4) is 0 Å². The predicted octanol–water partition coefficient (Wildman–Crippen LogP) is 1.38. The first kappa shape index (κ1) is 13.1. The number of carbonyl (C=O) groups is 1. The Morgan fingerprint density at radius 3 is 2.75 bits per heavy atom. The second-order valence-electron chi connectivity index (χ2n) is 4.52. The minimum absolute atomic E-state index is 0.00588. The fourth-order valence-corrected chi connectivity index (χ4v) is 2.35. The van der Waals surface area contributed by atoms with Crippen molar-refractivity contribution in [2.45, 2.75) is 45.1 Å². The van der Waals surface area contributed by atoms with Crippen LogP contribution in [0.1, 0.15) is 39.0 Å². The van der Waals surface area contributed by atoms with Crippen LogP contribution in [0.4, 0.5) is 0 Å². The SMILES string of the molecule is C#CCN(CCC)C(=O)C1CCCCC1N. The van der Waals surface area contributed by atoms with Gasteiger partial charge in [-0.2, -0.15) is 0 Å². The van der Waals surface area contributed by atoms with Gasteiger partial charge in [-0.25, -0.2) is 0 Å². The maximum atomic E-state index is 12.2. The molecule has 90 valence electrons. The van der Waals surface area contributed by atoms with Crippen molar-refractivity contribution in [1.82, 2.24) is 4.90 Å². The Hall–Kier alpha value is -1.01. The molecular weight excluding hydrogens is 200 g/mol. The van der Waals surface area contributed by atoms with E-state index in [9.17, 15) is 4.79 Å². The van der Waals surface area contributed by atoms with Gasteiger partial charge < -0.3 is 10.6 Å². The molecule has 0 bridgehead atoms. The summed E-state index contributed by atoms with van der Waals surface area (Å²) in [6, 6.07) is 0.0263. The van der Waals surface area contributed by atoms with Crippen molar-refractivity contribution >= 4 is 5.91 Å². The quantitative estimate of drug-likeness (QED) is 0.730. The van der Waals surface area contributed by atoms with E-state index < -0.39 is 0 Å². The topological polar surface area (TPSA) is 46.3 Å². The molecule has 2 unspecified atom stereocenters. The molecule has 0 spiro atoms. The average molecular weight is 222 g/mol. The predicted molar refractivity (Wildman–Crippen MR) is 65.6 cm³/mol. The van der Waals surface area contributed by atoms with Gasteiger partial charge in [0, 0.05) is 12.6 Å². The molecule has 3 heteroatoms. The zero-order chi connectivity index (χ0) is 12.0. The monoisotopic (exact) mass is 222 g/mol. The highest BCUT2D eigenvalue weighted by atomic mass is 16.2. The first-order valence-electron chi connectivity index (χ1n) is 6.18. The van der Waals surface area contributed by atoms with Crippen LogP contribution in [-0.2, 0) is 4.79 Å². The highest BCUT2D eigenvalue weighted by Gasteiger charge is 2.30. The molecule has 16 heavy (non-hydrogen) atoms. The lowest BCUT2D eigenvalue weighted by molar-refractivity contribution is -0.136. The Labute approximate surface area is 98.4 Å². The number of nitrogens with two attached hydrogens (primary N) is 1. The number of carbonyl (C=O) groups excluding carboxylic acids is 1. The standard InChI is InChI=1S/C13H22N2O/c1-3-9-15(10-4-2)13(16)11-7-5-6-8-12(11)14/h1,11-12H,4-10,14H2,2H3. The summed E-state index contributed by atoms with van der Waals surface area (Å²) in [6.45, 7) is 3.21. The number of amides is 1. The average Bonchev–Trinajstić information content (AvgIpc) is 2.28. The lowest BCUT2D eigenvalue weighted by atomic mass is 9.84. The van der Waals surface area contributed by atoms with Gasteiger partial charge in [-0.1, -0.05) is 25.7 Å². The van der Waals surface area contributed by atoms with Gasteiger partial charge in [0.05, 0.1) is 12.5 Å². The van der Waals surface area contributed by atoms with E-state index in [-0.39, 0.29) is 17.9 Å². The summed E-state index contributed by atoms with van der Waals surface area (Å²) in [4.78, 5) is 14.0. The Balaban J connectivity index is 2.61. The molecule has 0 saturated heterocycles. The summed E-state index contributed by atoms with van der Waals surface area (Å²) in [7, 11) is 0. The Morgan fingerprint density at radius 1 is 1.50 bits per heavy atom. The maximum Gasteiger partial charge on any atom is 0.228 e. The Bertz CT molecular complexity index is 270. The van der Waals surface area contributed by atoms with E-state index in [2.05, 4.69) is 12.8 Å². The van der Waals surface area contributed by atoms with E-state index >= 15 is 0 Å². The lowest BCUT2D eigenvalue weighted by Crippen LogP contribution is -2.46. The number of terminal acetylenes is 1. The Kier molecular flexibility index (Phi) is 5.34. The molecule has 1 saturated carbocycles. The minimum Gasteiger partial charge on any atom is -0.331 e. The first-order chi connectivity index (χ1) is 7.70. The molecule has 2 atom stereocenters. The van der Waals surface area contributed by atoms with Crippen molar-refractivity contribution in [2.75, 3.05) is 13.1 Å². The van der Waals surface area contributed by atoms with Gasteiger partial charge in [0.2, 0.25) is 5.91 Å². The van der Waals surface area contributed by atoms with Crippen molar-refractivity contribution in [3.05, 3.63) is 0 Å². The Morgan fingerprint density at radius 2 is 2.19 bits per heavy atom. The summed E-state index contributed by atoms with van der Waals surface area (Å²) >= 11 is 0. The summed E-state index contributed by atoms with van der Waals surface area (Å²) in [5, 5.41) is 0. The van der Waals surface area contributed by atoms with Crippen LogP contribution in [0.25, 0.3) is 0 Å². The third kappa shape index (κ3) is 3.24. The fraction of sp³-hybridized carbons (Fsp3) is 0.769. The molecule has 1 rings (SSSR count). The van der Waals surface area contributed by atoms with Gasteiger partial charge in [-0.05, 0) is 19.3 Å². The van der Waals surface area contributed by atoms with Crippen molar-refractivity contribution in [2.24, 2.45) is 11.7 Å². The van der Waals surface area contributed by atoms with Crippen LogP contribution < -0.4 is 5.73 Å². The van der Waals surface area contributed by atoms with Gasteiger partial charge in [0.15, 0.2) is 0 Å². The molecule has 2 N–H and O–H groups in total. The minimum atomic E-state index is -0.00588. The van der Waals surface area contributed by atoms with Crippen molar-refractivity contribution in [3.8, 4) is 12.3 Å². The maximum absolute atomic E-state index is 12.2. The molecule has 0 radical (unpaired) electrons. The molecule has 0 heterocycles. The molecule has 3 nitrogen and oxygen atoms in total. The van der Waals surface area contributed by atoms with E-state index in [1.807, 2.05) is 0 Å². The van der Waals surface area contributed by atoms with Crippen LogP contribution in [0.15, 0.2) is 0 Å². The van der Waals surface area contributed by atoms with E-state index in [1.54, 1.807) is 4.90 Å². The van der Waals surface area contributed by atoms with E-state index in [1.165, 1.54) is 0 Å². The largest absolute Gasteiger partial charge is 0.331 e. The van der Waals surface area contributed by atoms with Gasteiger partial charge in [-0.15, -0.1) is 6.42 Å². The van der Waals surface area contributed by atoms with E-state index in [4.69, 9.17) is 12.2 Å². The van der Waals surface area contributed by atoms with Crippen LogP contribution in [-0.4, -0.2) is 29.9 Å². The summed E-state index contributed by atoms with van der Waals surface area (Å²) in [5.74, 6) is 2.71. The molecule has 1 fully saturated rings. The van der Waals surface area contributed by atoms with Gasteiger partial charge >= 0.3 is 0 Å².